The lowest BCUT2D eigenvalue weighted by Crippen LogP contribution is -2.09. The van der Waals surface area contributed by atoms with Crippen molar-refractivity contribution in [3.05, 3.63) is 59.4 Å². The predicted octanol–water partition coefficient (Wildman–Crippen LogP) is 3.13. The highest BCUT2D eigenvalue weighted by Crippen LogP contribution is 2.21. The summed E-state index contributed by atoms with van der Waals surface area (Å²) in [4.78, 5) is 14.3. The second-order valence-corrected chi connectivity index (χ2v) is 4.62. The summed E-state index contributed by atoms with van der Waals surface area (Å²) < 4.78 is 18.2. The second kappa shape index (κ2) is 5.74. The van der Waals surface area contributed by atoms with Crippen molar-refractivity contribution in [2.45, 2.75) is 0 Å². The van der Waals surface area contributed by atoms with Gasteiger partial charge in [0, 0.05) is 30.9 Å². The molecule has 0 aliphatic carbocycles. The molecule has 20 heavy (non-hydrogen) atoms. The number of hydrogen-bond donors (Lipinski definition) is 0. The van der Waals surface area contributed by atoms with Crippen LogP contribution in [-0.2, 0) is 0 Å². The minimum Gasteiger partial charge on any atom is -0.494 e. The zero-order chi connectivity index (χ0) is 14.7. The number of ether oxygens (including phenoxy) is 1. The Balaban J connectivity index is 2.31. The van der Waals surface area contributed by atoms with E-state index in [1.807, 2.05) is 31.1 Å². The van der Waals surface area contributed by atoms with Crippen LogP contribution >= 0.6 is 0 Å². The number of benzene rings is 2. The molecule has 0 saturated heterocycles. The topological polar surface area (TPSA) is 29.5 Å². The quantitative estimate of drug-likeness (QED) is 0.802. The van der Waals surface area contributed by atoms with Gasteiger partial charge in [-0.2, -0.15) is 0 Å². The van der Waals surface area contributed by atoms with E-state index < -0.39 is 5.82 Å². The van der Waals surface area contributed by atoms with E-state index in [0.29, 0.717) is 11.1 Å². The molecule has 0 unspecified atom stereocenters. The molecule has 0 radical (unpaired) electrons. The fraction of sp³-hybridized carbons (Fsp3) is 0.188. The first-order chi connectivity index (χ1) is 9.52. The van der Waals surface area contributed by atoms with Crippen LogP contribution in [0.25, 0.3) is 0 Å². The normalized spacial score (nSPS) is 10.2. The Morgan fingerprint density at radius 1 is 1.05 bits per heavy atom. The molecule has 3 nitrogen and oxygen atoms in total. The highest BCUT2D eigenvalue weighted by Gasteiger charge is 2.12. The van der Waals surface area contributed by atoms with E-state index in [9.17, 15) is 9.18 Å². The molecular weight excluding hydrogens is 257 g/mol. The maximum atomic E-state index is 13.3. The minimum absolute atomic E-state index is 0.0701. The summed E-state index contributed by atoms with van der Waals surface area (Å²) in [5, 5.41) is 0. The first-order valence-corrected chi connectivity index (χ1v) is 6.18. The molecular formula is C16H16FNO2. The maximum absolute atomic E-state index is 13.3. The molecule has 0 spiro atoms. The second-order valence-electron chi connectivity index (χ2n) is 4.62. The van der Waals surface area contributed by atoms with Crippen LogP contribution in [0.4, 0.5) is 10.1 Å². The van der Waals surface area contributed by atoms with Gasteiger partial charge in [-0.15, -0.1) is 0 Å². The van der Waals surface area contributed by atoms with Crippen LogP contribution in [0.1, 0.15) is 15.9 Å². The molecule has 0 atom stereocenters. The number of methoxy groups -OCH3 is 1. The number of halogens is 1. The van der Waals surface area contributed by atoms with Crippen molar-refractivity contribution < 1.29 is 13.9 Å². The first-order valence-electron chi connectivity index (χ1n) is 6.18. The summed E-state index contributed by atoms with van der Waals surface area (Å²) in [7, 11) is 5.24. The Morgan fingerprint density at radius 2 is 1.65 bits per heavy atom. The molecule has 0 amide bonds. The molecule has 0 bridgehead atoms. The van der Waals surface area contributed by atoms with E-state index in [2.05, 4.69) is 0 Å². The summed E-state index contributed by atoms with van der Waals surface area (Å²) in [6.45, 7) is 0. The van der Waals surface area contributed by atoms with E-state index >= 15 is 0 Å². The highest BCUT2D eigenvalue weighted by molar-refractivity contribution is 6.09. The van der Waals surface area contributed by atoms with Crippen molar-refractivity contribution in [1.82, 2.24) is 0 Å². The summed E-state index contributed by atoms with van der Waals surface area (Å²) in [6, 6.07) is 11.4. The SMILES string of the molecule is COc1cc(C(=O)c2ccc(N(C)C)cc2)ccc1F. The molecule has 2 rings (SSSR count). The van der Waals surface area contributed by atoms with Gasteiger partial charge in [-0.3, -0.25) is 4.79 Å². The van der Waals surface area contributed by atoms with Crippen LogP contribution in [0, 0.1) is 5.82 Å². The molecule has 0 aliphatic rings. The number of carbonyl (C=O) groups excluding carboxylic acids is 1. The van der Waals surface area contributed by atoms with Crippen LogP contribution in [-0.4, -0.2) is 27.0 Å². The van der Waals surface area contributed by atoms with Crippen molar-refractivity contribution in [1.29, 1.82) is 0 Å². The van der Waals surface area contributed by atoms with Gasteiger partial charge in [0.15, 0.2) is 17.3 Å². The van der Waals surface area contributed by atoms with Gasteiger partial charge in [-0.25, -0.2) is 4.39 Å². The molecule has 0 heterocycles. The Morgan fingerprint density at radius 3 is 2.20 bits per heavy atom. The third kappa shape index (κ3) is 2.79. The largest absolute Gasteiger partial charge is 0.494 e. The lowest BCUT2D eigenvalue weighted by Gasteiger charge is -2.12. The zero-order valence-corrected chi connectivity index (χ0v) is 11.7. The summed E-state index contributed by atoms with van der Waals surface area (Å²) >= 11 is 0. The van der Waals surface area contributed by atoms with E-state index in [-0.39, 0.29) is 11.5 Å². The van der Waals surface area contributed by atoms with Gasteiger partial charge < -0.3 is 9.64 Å². The summed E-state index contributed by atoms with van der Waals surface area (Å²) in [6.07, 6.45) is 0. The molecule has 0 aliphatic heterocycles. The van der Waals surface area contributed by atoms with Gasteiger partial charge in [0.1, 0.15) is 0 Å². The standard InChI is InChI=1S/C16H16FNO2/c1-18(2)13-7-4-11(5-8-13)16(19)12-6-9-14(17)15(10-12)20-3/h4-10H,1-3H3. The number of nitrogens with zero attached hydrogens (tertiary/aromatic N) is 1. The molecule has 0 N–H and O–H groups in total. The molecule has 2 aromatic rings. The fourth-order valence-electron chi connectivity index (χ4n) is 1.88. The lowest BCUT2D eigenvalue weighted by molar-refractivity contribution is 0.103. The molecule has 104 valence electrons. The third-order valence-electron chi connectivity index (χ3n) is 3.06. The monoisotopic (exact) mass is 273 g/mol. The van der Waals surface area contributed by atoms with Gasteiger partial charge in [-0.05, 0) is 42.5 Å². The average Bonchev–Trinajstić information content (AvgIpc) is 2.47. The Labute approximate surface area is 117 Å². The van der Waals surface area contributed by atoms with E-state index in [1.54, 1.807) is 12.1 Å². The zero-order valence-electron chi connectivity index (χ0n) is 11.7. The maximum Gasteiger partial charge on any atom is 0.193 e. The molecule has 2 aromatic carbocycles. The summed E-state index contributed by atoms with van der Waals surface area (Å²) in [5.41, 5.74) is 1.98. The van der Waals surface area contributed by atoms with Crippen molar-refractivity contribution in [2.24, 2.45) is 0 Å². The lowest BCUT2D eigenvalue weighted by atomic mass is 10.0. The van der Waals surface area contributed by atoms with Crippen LogP contribution in [0.5, 0.6) is 5.75 Å². The van der Waals surface area contributed by atoms with Crippen LogP contribution in [0.15, 0.2) is 42.5 Å². The number of ketones is 1. The van der Waals surface area contributed by atoms with E-state index in [4.69, 9.17) is 4.74 Å². The molecule has 0 saturated carbocycles. The predicted molar refractivity (Wildman–Crippen MR) is 77.2 cm³/mol. The van der Waals surface area contributed by atoms with Gasteiger partial charge in [0.05, 0.1) is 7.11 Å². The average molecular weight is 273 g/mol. The van der Waals surface area contributed by atoms with E-state index in [0.717, 1.165) is 5.69 Å². The Kier molecular flexibility index (Phi) is 4.03. The first kappa shape index (κ1) is 14.1. The Hall–Kier alpha value is -2.36. The van der Waals surface area contributed by atoms with Crippen molar-refractivity contribution >= 4 is 11.5 Å². The van der Waals surface area contributed by atoms with Crippen LogP contribution in [0.2, 0.25) is 0 Å². The number of anilines is 1. The van der Waals surface area contributed by atoms with Gasteiger partial charge >= 0.3 is 0 Å². The van der Waals surface area contributed by atoms with E-state index in [1.165, 1.54) is 25.3 Å². The highest BCUT2D eigenvalue weighted by atomic mass is 19.1. The molecule has 4 heteroatoms. The van der Waals surface area contributed by atoms with Gasteiger partial charge in [0.25, 0.3) is 0 Å². The van der Waals surface area contributed by atoms with Crippen molar-refractivity contribution in [3.8, 4) is 5.75 Å². The van der Waals surface area contributed by atoms with Crippen molar-refractivity contribution in [3.63, 3.8) is 0 Å². The van der Waals surface area contributed by atoms with Crippen molar-refractivity contribution in [2.75, 3.05) is 26.1 Å². The number of hydrogen-bond acceptors (Lipinski definition) is 3. The smallest absolute Gasteiger partial charge is 0.193 e. The number of carbonyl (C=O) groups is 1. The Bertz CT molecular complexity index is 621. The van der Waals surface area contributed by atoms with Gasteiger partial charge in [-0.1, -0.05) is 0 Å². The van der Waals surface area contributed by atoms with Crippen LogP contribution < -0.4 is 9.64 Å². The molecule has 0 fully saturated rings. The minimum atomic E-state index is -0.480. The fourth-order valence-corrected chi connectivity index (χ4v) is 1.88. The third-order valence-corrected chi connectivity index (χ3v) is 3.06. The molecule has 0 aromatic heterocycles. The van der Waals surface area contributed by atoms with Crippen LogP contribution in [0.3, 0.4) is 0 Å². The number of rotatable bonds is 4. The summed E-state index contributed by atoms with van der Waals surface area (Å²) in [5.74, 6) is -0.568. The van der Waals surface area contributed by atoms with Gasteiger partial charge in [0.2, 0.25) is 0 Å².